The lowest BCUT2D eigenvalue weighted by Gasteiger charge is -2.21. The molecule has 0 unspecified atom stereocenters. The third-order valence-corrected chi connectivity index (χ3v) is 5.00. The van der Waals surface area contributed by atoms with Crippen LogP contribution in [0.15, 0.2) is 35.1 Å². The summed E-state index contributed by atoms with van der Waals surface area (Å²) >= 11 is 0. The van der Waals surface area contributed by atoms with E-state index in [2.05, 4.69) is 20.3 Å². The lowest BCUT2D eigenvalue weighted by molar-refractivity contribution is 0.579. The summed E-state index contributed by atoms with van der Waals surface area (Å²) in [7, 11) is 0. The molecule has 0 fully saturated rings. The zero-order chi connectivity index (χ0) is 25.4. The molecular weight excluding hydrogens is 463 g/mol. The molecule has 0 spiro atoms. The number of anilines is 3. The maximum absolute atomic E-state index is 14.1. The van der Waals surface area contributed by atoms with Gasteiger partial charge in [-0.2, -0.15) is 20.5 Å². The Bertz CT molecular complexity index is 1630. The number of nitrogens with zero attached hydrogens (tertiary/aromatic N) is 6. The number of benzene rings is 2. The van der Waals surface area contributed by atoms with E-state index >= 15 is 0 Å². The minimum Gasteiger partial charge on any atom is -0.382 e. The molecule has 5 N–H and O–H groups in total. The van der Waals surface area contributed by atoms with Gasteiger partial charge in [0.2, 0.25) is 5.95 Å². The van der Waals surface area contributed by atoms with Gasteiger partial charge in [0.25, 0.3) is 5.56 Å². The first-order valence-corrected chi connectivity index (χ1v) is 9.85. The van der Waals surface area contributed by atoms with Crippen LogP contribution >= 0.6 is 0 Å². The quantitative estimate of drug-likeness (QED) is 0.399. The zero-order valence-corrected chi connectivity index (χ0v) is 17.8. The summed E-state index contributed by atoms with van der Waals surface area (Å²) in [6.07, 6.45) is 0. The van der Waals surface area contributed by atoms with E-state index in [-0.39, 0.29) is 51.1 Å². The summed E-state index contributed by atoms with van der Waals surface area (Å²) in [6.45, 7) is 1.50. The summed E-state index contributed by atoms with van der Waals surface area (Å²) in [6, 6.07) is 6.81. The van der Waals surface area contributed by atoms with Crippen molar-refractivity contribution in [2.24, 2.45) is 0 Å². The van der Waals surface area contributed by atoms with Crippen molar-refractivity contribution in [2.75, 3.05) is 16.8 Å². The monoisotopic (exact) mass is 477 g/mol. The molecule has 35 heavy (non-hydrogen) atoms. The Morgan fingerprint density at radius 2 is 1.63 bits per heavy atom. The molecule has 13 heteroatoms. The van der Waals surface area contributed by atoms with E-state index in [9.17, 15) is 28.5 Å². The van der Waals surface area contributed by atoms with E-state index in [1.54, 1.807) is 6.07 Å². The molecule has 2 aromatic heterocycles. The van der Waals surface area contributed by atoms with Crippen LogP contribution in [0.1, 0.15) is 29.9 Å². The van der Waals surface area contributed by atoms with Crippen molar-refractivity contribution in [3.8, 4) is 17.8 Å². The molecule has 0 bridgehead atoms. The first-order valence-electron chi connectivity index (χ1n) is 9.85. The highest BCUT2D eigenvalue weighted by molar-refractivity contribution is 5.84. The Hall–Kier alpha value is -5.17. The molecule has 0 radical (unpaired) electrons. The predicted octanol–water partition coefficient (Wildman–Crippen LogP) is 2.67. The average Bonchev–Trinajstić information content (AvgIpc) is 2.77. The van der Waals surface area contributed by atoms with Crippen LogP contribution in [0.25, 0.3) is 16.6 Å². The van der Waals surface area contributed by atoms with Crippen molar-refractivity contribution in [3.63, 3.8) is 0 Å². The van der Waals surface area contributed by atoms with Crippen molar-refractivity contribution >= 4 is 28.5 Å². The maximum atomic E-state index is 14.1. The van der Waals surface area contributed by atoms with Crippen LogP contribution in [0.5, 0.6) is 0 Å². The summed E-state index contributed by atoms with van der Waals surface area (Å²) in [5.41, 5.74) is 9.74. The predicted molar refractivity (Wildman–Crippen MR) is 120 cm³/mol. The van der Waals surface area contributed by atoms with Gasteiger partial charge >= 0.3 is 0 Å². The number of aromatic nitrogens is 4. The number of nitrogens with two attached hydrogens (primary N) is 2. The number of fused-ring (bicyclic) bond motifs is 1. The molecule has 10 nitrogen and oxygen atoms in total. The fraction of sp³-hybridized carbons (Fsp3) is 0.0909. The van der Waals surface area contributed by atoms with Crippen molar-refractivity contribution < 1.29 is 13.2 Å². The van der Waals surface area contributed by atoms with Crippen molar-refractivity contribution in [2.45, 2.75) is 13.0 Å². The average molecular weight is 477 g/mol. The minimum absolute atomic E-state index is 0.0871. The van der Waals surface area contributed by atoms with Crippen LogP contribution in [0.2, 0.25) is 0 Å². The molecule has 4 rings (SSSR count). The van der Waals surface area contributed by atoms with Crippen LogP contribution in [-0.2, 0) is 0 Å². The first-order chi connectivity index (χ1) is 16.6. The standard InChI is InChI=1S/C22H14F3N9O/c1-9(30-19-16(8-27)18(28)32-22(29)33-19)20-31-17-10(7-26)2-11(23)6-15(17)21(35)34(20)14-4-12(24)3-13(25)5-14/h2-6,9H,1H3,(H5,28,29,30,32,33)/t9-/m0/s1. The minimum atomic E-state index is -0.976. The first kappa shape index (κ1) is 23.0. The number of nitrogens with one attached hydrogen (secondary N) is 1. The van der Waals surface area contributed by atoms with Gasteiger partial charge in [-0.25, -0.2) is 18.2 Å². The van der Waals surface area contributed by atoms with Gasteiger partial charge in [0.1, 0.15) is 46.8 Å². The van der Waals surface area contributed by atoms with Crippen LogP contribution < -0.4 is 22.3 Å². The molecule has 0 aliphatic carbocycles. The Kier molecular flexibility index (Phi) is 5.68. The Labute approximate surface area is 194 Å². The number of rotatable bonds is 4. The third-order valence-electron chi connectivity index (χ3n) is 5.00. The molecule has 0 aliphatic rings. The van der Waals surface area contributed by atoms with E-state index in [1.165, 1.54) is 6.92 Å². The second kappa shape index (κ2) is 8.64. The Morgan fingerprint density at radius 1 is 0.971 bits per heavy atom. The highest BCUT2D eigenvalue weighted by Gasteiger charge is 2.23. The highest BCUT2D eigenvalue weighted by Crippen LogP contribution is 2.26. The molecular formula is C22H14F3N9O. The van der Waals surface area contributed by atoms with Gasteiger partial charge in [0, 0.05) is 6.07 Å². The SMILES string of the molecule is C[C@H](Nc1nc(N)nc(N)c1C#N)c1nc2c(C#N)cc(F)cc2c(=O)n1-c1cc(F)cc(F)c1. The fourth-order valence-electron chi connectivity index (χ4n) is 3.55. The van der Waals surface area contributed by atoms with E-state index in [4.69, 9.17) is 11.5 Å². The number of hydrogen-bond donors (Lipinski definition) is 3. The number of nitriles is 2. The lowest BCUT2D eigenvalue weighted by Crippen LogP contribution is -2.28. The molecule has 0 saturated carbocycles. The van der Waals surface area contributed by atoms with Gasteiger partial charge in [0.05, 0.1) is 28.2 Å². The number of halogens is 3. The van der Waals surface area contributed by atoms with Crippen molar-refractivity contribution in [1.29, 1.82) is 10.5 Å². The summed E-state index contributed by atoms with van der Waals surface area (Å²) in [4.78, 5) is 25.5. The van der Waals surface area contributed by atoms with E-state index in [1.807, 2.05) is 6.07 Å². The molecule has 0 aliphatic heterocycles. The van der Waals surface area contributed by atoms with Gasteiger partial charge < -0.3 is 16.8 Å². The van der Waals surface area contributed by atoms with Crippen molar-refractivity contribution in [1.82, 2.24) is 19.5 Å². The Morgan fingerprint density at radius 3 is 2.26 bits per heavy atom. The largest absolute Gasteiger partial charge is 0.382 e. The molecule has 2 aromatic carbocycles. The zero-order valence-electron chi connectivity index (χ0n) is 17.8. The summed E-state index contributed by atoms with van der Waals surface area (Å²) in [5.74, 6) is -3.47. The van der Waals surface area contributed by atoms with Crippen LogP contribution in [-0.4, -0.2) is 19.5 Å². The number of hydrogen-bond acceptors (Lipinski definition) is 9. The number of nitrogen functional groups attached to an aromatic ring is 2. The third kappa shape index (κ3) is 4.14. The van der Waals surface area contributed by atoms with E-state index < -0.39 is 29.1 Å². The lowest BCUT2D eigenvalue weighted by atomic mass is 10.1. The van der Waals surface area contributed by atoms with Crippen LogP contribution in [0, 0.1) is 40.1 Å². The van der Waals surface area contributed by atoms with Crippen molar-refractivity contribution in [3.05, 3.63) is 75.1 Å². The second-order valence-corrected chi connectivity index (χ2v) is 7.37. The molecule has 1 atom stereocenters. The molecule has 2 heterocycles. The van der Waals surface area contributed by atoms with Gasteiger partial charge in [-0.1, -0.05) is 0 Å². The van der Waals surface area contributed by atoms with E-state index in [0.29, 0.717) is 6.07 Å². The molecule has 4 aromatic rings. The van der Waals surface area contributed by atoms with Gasteiger partial charge in [-0.15, -0.1) is 0 Å². The fourth-order valence-corrected chi connectivity index (χ4v) is 3.55. The molecule has 0 amide bonds. The maximum Gasteiger partial charge on any atom is 0.266 e. The van der Waals surface area contributed by atoms with Gasteiger partial charge in [-0.3, -0.25) is 9.36 Å². The summed E-state index contributed by atoms with van der Waals surface area (Å²) < 4.78 is 43.0. The second-order valence-electron chi connectivity index (χ2n) is 7.37. The van der Waals surface area contributed by atoms with Gasteiger partial charge in [0.15, 0.2) is 5.82 Å². The topological polar surface area (TPSA) is 172 Å². The van der Waals surface area contributed by atoms with Crippen LogP contribution in [0.4, 0.5) is 30.8 Å². The van der Waals surface area contributed by atoms with E-state index in [0.717, 1.165) is 28.8 Å². The summed E-state index contributed by atoms with van der Waals surface area (Å²) in [5, 5.41) is 21.4. The van der Waals surface area contributed by atoms with Crippen LogP contribution in [0.3, 0.4) is 0 Å². The van der Waals surface area contributed by atoms with Gasteiger partial charge in [-0.05, 0) is 31.2 Å². The Balaban J connectivity index is 2.03. The molecule has 174 valence electrons. The highest BCUT2D eigenvalue weighted by atomic mass is 19.1. The molecule has 0 saturated heterocycles. The smallest absolute Gasteiger partial charge is 0.266 e. The normalized spacial score (nSPS) is 11.6.